The number of rotatable bonds is 4. The van der Waals surface area contributed by atoms with Crippen molar-refractivity contribution in [2.45, 2.75) is 27.2 Å². The normalized spacial score (nSPS) is 12.5. The predicted molar refractivity (Wildman–Crippen MR) is 52.6 cm³/mol. The molecule has 0 unspecified atom stereocenters. The number of ketones is 1. The second-order valence-electron chi connectivity index (χ2n) is 2.58. The zero-order chi connectivity index (χ0) is 10.3. The number of allylic oxidation sites excluding steroid dienone is 2. The summed E-state index contributed by atoms with van der Waals surface area (Å²) >= 11 is 0. The fourth-order valence-electron chi connectivity index (χ4n) is 0.947. The first-order valence-corrected chi connectivity index (χ1v) is 4.31. The zero-order valence-corrected chi connectivity index (χ0v) is 8.29. The second kappa shape index (κ2) is 6.13. The van der Waals surface area contributed by atoms with Crippen molar-refractivity contribution in [3.05, 3.63) is 11.6 Å². The summed E-state index contributed by atoms with van der Waals surface area (Å²) in [7, 11) is 0. The van der Waals surface area contributed by atoms with E-state index in [4.69, 9.17) is 5.26 Å². The number of hydrogen-bond donors (Lipinski definition) is 0. The fourth-order valence-corrected chi connectivity index (χ4v) is 0.947. The third-order valence-corrected chi connectivity index (χ3v) is 1.56. The largest absolute Gasteiger partial charge is 0.290 e. The molecule has 0 amide bonds. The Kier molecular flexibility index (Phi) is 5.45. The van der Waals surface area contributed by atoms with E-state index in [1.54, 1.807) is 12.1 Å². The van der Waals surface area contributed by atoms with Crippen molar-refractivity contribution in [2.75, 3.05) is 6.54 Å². The SMILES string of the molecule is CCN=C(C)/C=C(\CC)C(=O)C#N. The van der Waals surface area contributed by atoms with Crippen LogP contribution in [0.15, 0.2) is 16.6 Å². The lowest BCUT2D eigenvalue weighted by Gasteiger charge is -1.96. The number of hydrogen-bond acceptors (Lipinski definition) is 3. The maximum absolute atomic E-state index is 11.0. The Morgan fingerprint density at radius 3 is 2.54 bits per heavy atom. The number of carbonyl (C=O) groups excluding carboxylic acids is 1. The van der Waals surface area contributed by atoms with Crippen LogP contribution in [0.5, 0.6) is 0 Å². The van der Waals surface area contributed by atoms with Crippen molar-refractivity contribution >= 4 is 11.5 Å². The number of aliphatic imine (C=N–C) groups is 1. The third kappa shape index (κ3) is 4.22. The van der Waals surface area contributed by atoms with Gasteiger partial charge in [-0.05, 0) is 26.3 Å². The van der Waals surface area contributed by atoms with E-state index in [-0.39, 0.29) is 0 Å². The molecule has 0 aliphatic rings. The lowest BCUT2D eigenvalue weighted by Crippen LogP contribution is -2.00. The molecule has 0 rings (SSSR count). The molecule has 0 fully saturated rings. The first-order chi connectivity index (χ1) is 6.15. The van der Waals surface area contributed by atoms with Crippen LogP contribution in [0, 0.1) is 11.3 Å². The number of nitriles is 1. The maximum atomic E-state index is 11.0. The Morgan fingerprint density at radius 1 is 1.54 bits per heavy atom. The molecule has 13 heavy (non-hydrogen) atoms. The van der Waals surface area contributed by atoms with Crippen LogP contribution in [-0.2, 0) is 4.79 Å². The van der Waals surface area contributed by atoms with E-state index in [1.165, 1.54) is 0 Å². The molecule has 0 atom stereocenters. The van der Waals surface area contributed by atoms with Gasteiger partial charge >= 0.3 is 0 Å². The van der Waals surface area contributed by atoms with Gasteiger partial charge in [-0.3, -0.25) is 9.79 Å². The van der Waals surface area contributed by atoms with Crippen LogP contribution in [0.2, 0.25) is 0 Å². The molecule has 0 aliphatic heterocycles. The molecule has 3 nitrogen and oxygen atoms in total. The lowest BCUT2D eigenvalue weighted by molar-refractivity contribution is -0.110. The molecule has 0 aliphatic carbocycles. The summed E-state index contributed by atoms with van der Waals surface area (Å²) in [4.78, 5) is 15.1. The Hall–Kier alpha value is -1.43. The topological polar surface area (TPSA) is 53.2 Å². The number of carbonyl (C=O) groups is 1. The molecular formula is C10H14N2O. The summed E-state index contributed by atoms with van der Waals surface area (Å²) in [6, 6.07) is 1.60. The minimum atomic E-state index is -0.465. The number of Topliss-reactive ketones (excluding diaryl/α,β-unsaturated/α-hetero) is 1. The van der Waals surface area contributed by atoms with Gasteiger partial charge in [0.1, 0.15) is 6.07 Å². The maximum Gasteiger partial charge on any atom is 0.258 e. The molecule has 0 saturated heterocycles. The van der Waals surface area contributed by atoms with Gasteiger partial charge in [0.15, 0.2) is 0 Å². The third-order valence-electron chi connectivity index (χ3n) is 1.56. The monoisotopic (exact) mass is 178 g/mol. The molecule has 0 aromatic carbocycles. The van der Waals surface area contributed by atoms with E-state index in [1.807, 2.05) is 20.8 Å². The summed E-state index contributed by atoms with van der Waals surface area (Å²) in [5, 5.41) is 8.40. The highest BCUT2D eigenvalue weighted by atomic mass is 16.1. The Labute approximate surface area is 78.8 Å². The van der Waals surface area contributed by atoms with E-state index in [9.17, 15) is 4.79 Å². The van der Waals surface area contributed by atoms with E-state index < -0.39 is 5.78 Å². The Balaban J connectivity index is 4.69. The highest BCUT2D eigenvalue weighted by Crippen LogP contribution is 2.02. The van der Waals surface area contributed by atoms with Gasteiger partial charge in [0, 0.05) is 17.8 Å². The minimum absolute atomic E-state index is 0.465. The van der Waals surface area contributed by atoms with Gasteiger partial charge in [-0.2, -0.15) is 5.26 Å². The summed E-state index contributed by atoms with van der Waals surface area (Å²) in [6.07, 6.45) is 2.25. The molecule has 0 radical (unpaired) electrons. The average Bonchev–Trinajstić information content (AvgIpc) is 2.13. The fraction of sp³-hybridized carbons (Fsp3) is 0.500. The summed E-state index contributed by atoms with van der Waals surface area (Å²) in [5.74, 6) is -0.465. The van der Waals surface area contributed by atoms with Crippen molar-refractivity contribution in [1.82, 2.24) is 0 Å². The van der Waals surface area contributed by atoms with Crippen LogP contribution in [0.3, 0.4) is 0 Å². The average molecular weight is 178 g/mol. The quantitative estimate of drug-likeness (QED) is 0.375. The first-order valence-electron chi connectivity index (χ1n) is 4.31. The zero-order valence-electron chi connectivity index (χ0n) is 8.29. The van der Waals surface area contributed by atoms with E-state index in [0.29, 0.717) is 18.5 Å². The van der Waals surface area contributed by atoms with Gasteiger partial charge in [-0.15, -0.1) is 0 Å². The van der Waals surface area contributed by atoms with E-state index in [2.05, 4.69) is 4.99 Å². The van der Waals surface area contributed by atoms with Crippen molar-refractivity contribution in [3.63, 3.8) is 0 Å². The lowest BCUT2D eigenvalue weighted by atomic mass is 10.1. The molecule has 0 spiro atoms. The minimum Gasteiger partial charge on any atom is -0.290 e. The molecule has 0 aromatic heterocycles. The van der Waals surface area contributed by atoms with Crippen LogP contribution in [0.4, 0.5) is 0 Å². The van der Waals surface area contributed by atoms with Crippen LogP contribution >= 0.6 is 0 Å². The van der Waals surface area contributed by atoms with Crippen molar-refractivity contribution in [2.24, 2.45) is 4.99 Å². The Bertz CT molecular complexity index is 282. The van der Waals surface area contributed by atoms with Crippen LogP contribution < -0.4 is 0 Å². The molecule has 3 heteroatoms. The smallest absolute Gasteiger partial charge is 0.258 e. The predicted octanol–water partition coefficient (Wildman–Crippen LogP) is 1.90. The molecule has 0 N–H and O–H groups in total. The van der Waals surface area contributed by atoms with Crippen molar-refractivity contribution < 1.29 is 4.79 Å². The van der Waals surface area contributed by atoms with E-state index in [0.717, 1.165) is 5.71 Å². The standard InChI is InChI=1S/C10H14N2O/c1-4-9(10(13)7-11)6-8(3)12-5-2/h6H,4-5H2,1-3H3/b9-6+,12-8?. The van der Waals surface area contributed by atoms with Crippen molar-refractivity contribution in [1.29, 1.82) is 5.26 Å². The molecule has 0 aromatic rings. The van der Waals surface area contributed by atoms with Gasteiger partial charge in [0.05, 0.1) is 0 Å². The van der Waals surface area contributed by atoms with Gasteiger partial charge in [0.25, 0.3) is 5.78 Å². The van der Waals surface area contributed by atoms with Gasteiger partial charge in [0.2, 0.25) is 0 Å². The molecule has 70 valence electrons. The van der Waals surface area contributed by atoms with Gasteiger partial charge in [-0.25, -0.2) is 0 Å². The summed E-state index contributed by atoms with van der Waals surface area (Å²) < 4.78 is 0. The highest BCUT2D eigenvalue weighted by molar-refractivity contribution is 6.11. The van der Waals surface area contributed by atoms with Crippen LogP contribution in [0.25, 0.3) is 0 Å². The molecular weight excluding hydrogens is 164 g/mol. The molecule has 0 saturated carbocycles. The van der Waals surface area contributed by atoms with Crippen LogP contribution in [-0.4, -0.2) is 18.0 Å². The number of nitrogens with zero attached hydrogens (tertiary/aromatic N) is 2. The van der Waals surface area contributed by atoms with Crippen molar-refractivity contribution in [3.8, 4) is 6.07 Å². The van der Waals surface area contributed by atoms with E-state index >= 15 is 0 Å². The van der Waals surface area contributed by atoms with Crippen LogP contribution in [0.1, 0.15) is 27.2 Å². The molecule has 0 bridgehead atoms. The first kappa shape index (κ1) is 11.6. The van der Waals surface area contributed by atoms with Gasteiger partial charge in [-0.1, -0.05) is 6.92 Å². The molecule has 0 heterocycles. The van der Waals surface area contributed by atoms with Gasteiger partial charge < -0.3 is 0 Å². The Morgan fingerprint density at radius 2 is 2.15 bits per heavy atom. The summed E-state index contributed by atoms with van der Waals surface area (Å²) in [5.41, 5.74) is 1.32. The highest BCUT2D eigenvalue weighted by Gasteiger charge is 2.05. The summed E-state index contributed by atoms with van der Waals surface area (Å²) in [6.45, 7) is 6.29. The second-order valence-corrected chi connectivity index (χ2v) is 2.58.